The number of benzene rings is 1. The summed E-state index contributed by atoms with van der Waals surface area (Å²) in [6.45, 7) is 4.30. The third kappa shape index (κ3) is 4.03. The second-order valence-corrected chi connectivity index (χ2v) is 5.89. The highest BCUT2D eigenvalue weighted by Gasteiger charge is 2.10. The van der Waals surface area contributed by atoms with Gasteiger partial charge in [-0.2, -0.15) is 5.10 Å². The molecule has 0 spiro atoms. The summed E-state index contributed by atoms with van der Waals surface area (Å²) >= 11 is 0. The third-order valence-corrected chi connectivity index (χ3v) is 3.96. The molecule has 0 aliphatic rings. The monoisotopic (exact) mass is 339 g/mol. The molecule has 3 aromatic rings. The summed E-state index contributed by atoms with van der Waals surface area (Å²) in [6.07, 6.45) is 3.41. The molecule has 8 heteroatoms. The van der Waals surface area contributed by atoms with Crippen LogP contribution in [0.3, 0.4) is 0 Å². The summed E-state index contributed by atoms with van der Waals surface area (Å²) in [5.74, 6) is 0. The van der Waals surface area contributed by atoms with Gasteiger partial charge in [-0.3, -0.25) is 4.68 Å². The SMILES string of the molecule is Cc1cc(CNC(=O)N[C@H](C)c2ccc(-n3ccnn3)cc2)n(C)n1. The van der Waals surface area contributed by atoms with Crippen molar-refractivity contribution in [1.29, 1.82) is 0 Å². The maximum atomic E-state index is 12.1. The number of carbonyl (C=O) groups is 1. The molecule has 3 rings (SSSR count). The normalized spacial score (nSPS) is 12.0. The van der Waals surface area contributed by atoms with E-state index in [1.807, 2.05) is 51.2 Å². The van der Waals surface area contributed by atoms with E-state index in [4.69, 9.17) is 0 Å². The topological polar surface area (TPSA) is 89.7 Å². The zero-order chi connectivity index (χ0) is 17.8. The molecule has 2 heterocycles. The van der Waals surface area contributed by atoms with Gasteiger partial charge in [-0.15, -0.1) is 5.10 Å². The van der Waals surface area contributed by atoms with Gasteiger partial charge in [0.05, 0.1) is 42.1 Å². The van der Waals surface area contributed by atoms with Crippen molar-refractivity contribution >= 4 is 6.03 Å². The van der Waals surface area contributed by atoms with Crippen molar-refractivity contribution < 1.29 is 4.79 Å². The van der Waals surface area contributed by atoms with Gasteiger partial charge < -0.3 is 10.6 Å². The standard InChI is InChI=1S/C17H21N7O/c1-12-10-16(23(3)21-12)11-18-17(25)20-13(2)14-4-6-15(7-5-14)24-9-8-19-22-24/h4-10,13H,11H2,1-3H3,(H2,18,20,25)/t13-/m1/s1. The lowest BCUT2D eigenvalue weighted by Crippen LogP contribution is -2.37. The Bertz CT molecular complexity index is 837. The number of carbonyl (C=O) groups excluding carboxylic acids is 1. The number of nitrogens with one attached hydrogen (secondary N) is 2. The van der Waals surface area contributed by atoms with E-state index in [1.54, 1.807) is 21.8 Å². The molecule has 0 bridgehead atoms. The lowest BCUT2D eigenvalue weighted by Gasteiger charge is -2.15. The van der Waals surface area contributed by atoms with E-state index in [0.717, 1.165) is 22.6 Å². The molecule has 0 saturated heterocycles. The number of aryl methyl sites for hydroxylation is 2. The highest BCUT2D eigenvalue weighted by atomic mass is 16.2. The summed E-state index contributed by atoms with van der Waals surface area (Å²) < 4.78 is 3.45. The van der Waals surface area contributed by atoms with Crippen LogP contribution in [0.1, 0.15) is 29.9 Å². The summed E-state index contributed by atoms with van der Waals surface area (Å²) in [5.41, 5.74) is 3.82. The number of amides is 2. The van der Waals surface area contributed by atoms with Crippen LogP contribution in [-0.2, 0) is 13.6 Å². The highest BCUT2D eigenvalue weighted by molar-refractivity contribution is 5.74. The molecule has 8 nitrogen and oxygen atoms in total. The predicted molar refractivity (Wildman–Crippen MR) is 93.1 cm³/mol. The Hall–Kier alpha value is -3.16. The Morgan fingerprint density at radius 1 is 1.28 bits per heavy atom. The first-order valence-corrected chi connectivity index (χ1v) is 8.03. The molecule has 130 valence electrons. The van der Waals surface area contributed by atoms with Gasteiger partial charge in [0.1, 0.15) is 0 Å². The molecular formula is C17H21N7O. The molecule has 0 unspecified atom stereocenters. The molecule has 0 fully saturated rings. The van der Waals surface area contributed by atoms with Crippen molar-refractivity contribution in [3.8, 4) is 5.69 Å². The summed E-state index contributed by atoms with van der Waals surface area (Å²) in [5, 5.41) is 17.8. The van der Waals surface area contributed by atoms with Crippen LogP contribution in [-0.4, -0.2) is 30.8 Å². The highest BCUT2D eigenvalue weighted by Crippen LogP contribution is 2.15. The lowest BCUT2D eigenvalue weighted by atomic mass is 10.1. The van der Waals surface area contributed by atoms with Crippen LogP contribution in [0, 0.1) is 6.92 Å². The van der Waals surface area contributed by atoms with Crippen molar-refractivity contribution in [3.05, 3.63) is 59.7 Å². The maximum Gasteiger partial charge on any atom is 0.315 e. The minimum absolute atomic E-state index is 0.113. The molecule has 0 aliphatic heterocycles. The van der Waals surface area contributed by atoms with Crippen LogP contribution >= 0.6 is 0 Å². The summed E-state index contributed by atoms with van der Waals surface area (Å²) in [4.78, 5) is 12.1. The first-order valence-electron chi connectivity index (χ1n) is 8.03. The van der Waals surface area contributed by atoms with Crippen LogP contribution < -0.4 is 10.6 Å². The second-order valence-electron chi connectivity index (χ2n) is 5.89. The van der Waals surface area contributed by atoms with Crippen LogP contribution in [0.4, 0.5) is 4.79 Å². The third-order valence-electron chi connectivity index (χ3n) is 3.96. The molecule has 1 atom stereocenters. The van der Waals surface area contributed by atoms with E-state index in [1.165, 1.54) is 0 Å². The fourth-order valence-corrected chi connectivity index (χ4v) is 2.59. The number of hydrogen-bond donors (Lipinski definition) is 2. The van der Waals surface area contributed by atoms with Gasteiger partial charge in [0.2, 0.25) is 0 Å². The number of hydrogen-bond acceptors (Lipinski definition) is 4. The fourth-order valence-electron chi connectivity index (χ4n) is 2.59. The fraction of sp³-hybridized carbons (Fsp3) is 0.294. The lowest BCUT2D eigenvalue weighted by molar-refractivity contribution is 0.237. The van der Waals surface area contributed by atoms with Gasteiger partial charge in [-0.25, -0.2) is 9.48 Å². The Morgan fingerprint density at radius 2 is 2.04 bits per heavy atom. The summed E-state index contributed by atoms with van der Waals surface area (Å²) in [6, 6.07) is 9.44. The van der Waals surface area contributed by atoms with E-state index < -0.39 is 0 Å². The van der Waals surface area contributed by atoms with Crippen molar-refractivity contribution in [2.24, 2.45) is 7.05 Å². The van der Waals surface area contributed by atoms with Gasteiger partial charge in [0, 0.05) is 7.05 Å². The molecule has 2 N–H and O–H groups in total. The van der Waals surface area contributed by atoms with Gasteiger partial charge in [0.15, 0.2) is 0 Å². The molecule has 1 aromatic carbocycles. The van der Waals surface area contributed by atoms with Crippen LogP contribution in [0.2, 0.25) is 0 Å². The number of aromatic nitrogens is 5. The van der Waals surface area contributed by atoms with Gasteiger partial charge in [-0.05, 0) is 37.6 Å². The second kappa shape index (κ2) is 7.16. The molecule has 0 aliphatic carbocycles. The van der Waals surface area contributed by atoms with E-state index in [2.05, 4.69) is 26.0 Å². The Balaban J connectivity index is 1.55. The maximum absolute atomic E-state index is 12.1. The van der Waals surface area contributed by atoms with E-state index >= 15 is 0 Å². The van der Waals surface area contributed by atoms with Gasteiger partial charge in [0.25, 0.3) is 0 Å². The Kier molecular flexibility index (Phi) is 4.78. The Morgan fingerprint density at radius 3 is 2.64 bits per heavy atom. The molecular weight excluding hydrogens is 318 g/mol. The zero-order valence-corrected chi connectivity index (χ0v) is 14.5. The minimum Gasteiger partial charge on any atom is -0.333 e. The largest absolute Gasteiger partial charge is 0.333 e. The zero-order valence-electron chi connectivity index (χ0n) is 14.5. The quantitative estimate of drug-likeness (QED) is 0.742. The van der Waals surface area contributed by atoms with Gasteiger partial charge in [-0.1, -0.05) is 17.3 Å². The molecule has 0 radical (unpaired) electrons. The average Bonchev–Trinajstić information content (AvgIpc) is 3.23. The molecule has 2 aromatic heterocycles. The van der Waals surface area contributed by atoms with Gasteiger partial charge >= 0.3 is 6.03 Å². The molecule has 2 amide bonds. The van der Waals surface area contributed by atoms with Crippen molar-refractivity contribution in [2.45, 2.75) is 26.4 Å². The van der Waals surface area contributed by atoms with E-state index in [0.29, 0.717) is 6.54 Å². The molecule has 0 saturated carbocycles. The van der Waals surface area contributed by atoms with E-state index in [-0.39, 0.29) is 12.1 Å². The minimum atomic E-state index is -0.216. The van der Waals surface area contributed by atoms with Crippen molar-refractivity contribution in [3.63, 3.8) is 0 Å². The van der Waals surface area contributed by atoms with Crippen molar-refractivity contribution in [2.75, 3.05) is 0 Å². The predicted octanol–water partition coefficient (Wildman–Crippen LogP) is 1.87. The van der Waals surface area contributed by atoms with Crippen LogP contribution in [0.25, 0.3) is 5.69 Å². The van der Waals surface area contributed by atoms with Crippen LogP contribution in [0.15, 0.2) is 42.7 Å². The Labute approximate surface area is 145 Å². The van der Waals surface area contributed by atoms with Crippen LogP contribution in [0.5, 0.6) is 0 Å². The average molecular weight is 339 g/mol. The van der Waals surface area contributed by atoms with Crippen molar-refractivity contribution in [1.82, 2.24) is 35.4 Å². The van der Waals surface area contributed by atoms with E-state index in [9.17, 15) is 4.79 Å². The smallest absolute Gasteiger partial charge is 0.315 e. The number of nitrogens with zero attached hydrogens (tertiary/aromatic N) is 5. The first kappa shape index (κ1) is 16.7. The molecule has 25 heavy (non-hydrogen) atoms. The summed E-state index contributed by atoms with van der Waals surface area (Å²) in [7, 11) is 1.86. The first-order chi connectivity index (χ1) is 12.0. The number of rotatable bonds is 5. The number of urea groups is 1.